The molecule has 1 heterocycles. The highest BCUT2D eigenvalue weighted by Crippen LogP contribution is 2.22. The molecule has 0 aliphatic carbocycles. The summed E-state index contributed by atoms with van der Waals surface area (Å²) in [6.07, 6.45) is 2.90. The number of aryl methyl sites for hydroxylation is 1. The van der Waals surface area contributed by atoms with Crippen LogP contribution >= 0.6 is 0 Å². The lowest BCUT2D eigenvalue weighted by molar-refractivity contribution is 0.187. The number of carbonyl (C=O) groups is 1. The first kappa shape index (κ1) is 16.8. The van der Waals surface area contributed by atoms with Gasteiger partial charge in [0.1, 0.15) is 17.6 Å². The van der Waals surface area contributed by atoms with Gasteiger partial charge in [0, 0.05) is 26.0 Å². The number of hydrogen-bond donors (Lipinski definition) is 3. The number of imidazole rings is 1. The van der Waals surface area contributed by atoms with E-state index in [0.29, 0.717) is 5.82 Å². The molecule has 7 heteroatoms. The summed E-state index contributed by atoms with van der Waals surface area (Å²) in [6, 6.07) is 6.66. The maximum absolute atomic E-state index is 12.1. The minimum atomic E-state index is -0.603. The van der Waals surface area contributed by atoms with Crippen molar-refractivity contribution in [3.8, 4) is 5.75 Å². The molecule has 3 N–H and O–H groups in total. The summed E-state index contributed by atoms with van der Waals surface area (Å²) in [7, 11) is 3.47. The third-order valence-electron chi connectivity index (χ3n) is 3.40. The lowest BCUT2D eigenvalue weighted by Crippen LogP contribution is -2.41. The Morgan fingerprint density at radius 1 is 1.39 bits per heavy atom. The Morgan fingerprint density at radius 2 is 2.09 bits per heavy atom. The Labute approximate surface area is 135 Å². The molecule has 1 aromatic carbocycles. The van der Waals surface area contributed by atoms with E-state index in [1.807, 2.05) is 42.1 Å². The molecule has 0 radical (unpaired) electrons. The largest absolute Gasteiger partial charge is 0.497 e. The van der Waals surface area contributed by atoms with Gasteiger partial charge >= 0.3 is 6.03 Å². The first-order chi connectivity index (χ1) is 11.0. The van der Waals surface area contributed by atoms with Crippen LogP contribution in [0.2, 0.25) is 0 Å². The zero-order chi connectivity index (χ0) is 16.8. The topological polar surface area (TPSA) is 88.4 Å². The number of hydrogen-bond acceptors (Lipinski definition) is 4. The highest BCUT2D eigenvalue weighted by Gasteiger charge is 2.20. The smallest absolute Gasteiger partial charge is 0.315 e. The van der Waals surface area contributed by atoms with E-state index in [1.165, 1.54) is 0 Å². The molecule has 2 aromatic rings. The molecule has 0 fully saturated rings. The molecule has 0 saturated carbocycles. The summed E-state index contributed by atoms with van der Waals surface area (Å²) in [4.78, 5) is 16.4. The van der Waals surface area contributed by atoms with Crippen LogP contribution in [-0.2, 0) is 7.05 Å². The van der Waals surface area contributed by atoms with Gasteiger partial charge < -0.3 is 25.0 Å². The van der Waals surface area contributed by atoms with Crippen LogP contribution in [0.3, 0.4) is 0 Å². The normalized spacial score (nSPS) is 13.2. The number of nitrogens with one attached hydrogen (secondary N) is 2. The average molecular weight is 318 g/mol. The van der Waals surface area contributed by atoms with Crippen molar-refractivity contribution in [2.75, 3.05) is 13.7 Å². The van der Waals surface area contributed by atoms with Crippen molar-refractivity contribution in [1.29, 1.82) is 0 Å². The van der Waals surface area contributed by atoms with Gasteiger partial charge in [-0.1, -0.05) is 12.1 Å². The number of aliphatic hydroxyl groups is 1. The zero-order valence-electron chi connectivity index (χ0n) is 13.5. The fourth-order valence-electron chi connectivity index (χ4n) is 2.17. The SMILES string of the molecule is COc1ccc([C@H](NC(=O)NC[C@@H](C)O)c2nccn2C)cc1. The van der Waals surface area contributed by atoms with Crippen LogP contribution in [-0.4, -0.2) is 40.4 Å². The van der Waals surface area contributed by atoms with Crippen molar-refractivity contribution in [2.24, 2.45) is 7.05 Å². The van der Waals surface area contributed by atoms with E-state index < -0.39 is 12.1 Å². The number of aliphatic hydroxyl groups excluding tert-OH is 1. The predicted octanol–water partition coefficient (Wildman–Crippen LogP) is 1.20. The van der Waals surface area contributed by atoms with E-state index in [9.17, 15) is 9.90 Å². The van der Waals surface area contributed by atoms with Crippen molar-refractivity contribution in [3.63, 3.8) is 0 Å². The van der Waals surface area contributed by atoms with Crippen LogP contribution in [0.1, 0.15) is 24.4 Å². The number of methoxy groups -OCH3 is 1. The van der Waals surface area contributed by atoms with Gasteiger partial charge in [0.05, 0.1) is 13.2 Å². The molecule has 0 spiro atoms. The molecular weight excluding hydrogens is 296 g/mol. The zero-order valence-corrected chi connectivity index (χ0v) is 13.5. The molecule has 0 bridgehead atoms. The quantitative estimate of drug-likeness (QED) is 0.747. The van der Waals surface area contributed by atoms with Crippen LogP contribution in [0.25, 0.3) is 0 Å². The van der Waals surface area contributed by atoms with Crippen molar-refractivity contribution >= 4 is 6.03 Å². The van der Waals surface area contributed by atoms with Gasteiger partial charge in [0.2, 0.25) is 0 Å². The number of ether oxygens (including phenoxy) is 1. The summed E-state index contributed by atoms with van der Waals surface area (Å²) in [5.41, 5.74) is 0.882. The number of amides is 2. The molecular formula is C16H22N4O3. The monoisotopic (exact) mass is 318 g/mol. The Morgan fingerprint density at radius 3 is 2.61 bits per heavy atom. The second kappa shape index (κ2) is 7.64. The highest BCUT2D eigenvalue weighted by molar-refractivity contribution is 5.74. The standard InChI is InChI=1S/C16H22N4O3/c1-11(21)10-18-16(22)19-14(15-17-8-9-20(15)2)12-4-6-13(23-3)7-5-12/h4-9,11,14,21H,10H2,1-3H3,(H2,18,19,22)/t11-,14+/m1/s1. The molecule has 0 saturated heterocycles. The Bertz CT molecular complexity index is 637. The van der Waals surface area contributed by atoms with E-state index in [1.54, 1.807) is 20.2 Å². The molecule has 124 valence electrons. The van der Waals surface area contributed by atoms with Gasteiger partial charge in [-0.25, -0.2) is 9.78 Å². The van der Waals surface area contributed by atoms with Crippen molar-refractivity contribution < 1.29 is 14.6 Å². The van der Waals surface area contributed by atoms with Gasteiger partial charge in [-0.05, 0) is 24.6 Å². The van der Waals surface area contributed by atoms with E-state index >= 15 is 0 Å². The second-order valence-electron chi connectivity index (χ2n) is 5.31. The lowest BCUT2D eigenvalue weighted by Gasteiger charge is -2.20. The van der Waals surface area contributed by atoms with E-state index in [4.69, 9.17) is 4.74 Å². The molecule has 2 atom stereocenters. The maximum atomic E-state index is 12.1. The minimum absolute atomic E-state index is 0.182. The molecule has 0 aliphatic rings. The van der Waals surface area contributed by atoms with Crippen molar-refractivity contribution in [2.45, 2.75) is 19.1 Å². The summed E-state index contributed by atoms with van der Waals surface area (Å²) in [5, 5.41) is 14.8. The highest BCUT2D eigenvalue weighted by atomic mass is 16.5. The number of nitrogens with zero attached hydrogens (tertiary/aromatic N) is 2. The predicted molar refractivity (Wildman–Crippen MR) is 86.3 cm³/mol. The number of aromatic nitrogens is 2. The van der Waals surface area contributed by atoms with Gasteiger partial charge in [-0.3, -0.25) is 0 Å². The van der Waals surface area contributed by atoms with E-state index in [-0.39, 0.29) is 12.6 Å². The maximum Gasteiger partial charge on any atom is 0.315 e. The Balaban J connectivity index is 2.21. The van der Waals surface area contributed by atoms with E-state index in [2.05, 4.69) is 15.6 Å². The summed E-state index contributed by atoms with van der Waals surface area (Å²) < 4.78 is 7.01. The molecule has 0 unspecified atom stereocenters. The Hall–Kier alpha value is -2.54. The minimum Gasteiger partial charge on any atom is -0.497 e. The van der Waals surface area contributed by atoms with Crippen LogP contribution < -0.4 is 15.4 Å². The van der Waals surface area contributed by atoms with Gasteiger partial charge in [0.15, 0.2) is 0 Å². The molecule has 23 heavy (non-hydrogen) atoms. The summed E-state index contributed by atoms with van der Waals surface area (Å²) in [6.45, 7) is 1.79. The summed E-state index contributed by atoms with van der Waals surface area (Å²) in [5.74, 6) is 1.45. The van der Waals surface area contributed by atoms with Crippen LogP contribution in [0, 0.1) is 0 Å². The van der Waals surface area contributed by atoms with Crippen molar-refractivity contribution in [3.05, 3.63) is 48.0 Å². The number of rotatable bonds is 6. The second-order valence-corrected chi connectivity index (χ2v) is 5.31. The van der Waals surface area contributed by atoms with Crippen LogP contribution in [0.4, 0.5) is 4.79 Å². The molecule has 0 aliphatic heterocycles. The number of benzene rings is 1. The van der Waals surface area contributed by atoms with E-state index in [0.717, 1.165) is 11.3 Å². The fraction of sp³-hybridized carbons (Fsp3) is 0.375. The Kier molecular flexibility index (Phi) is 5.59. The fourth-order valence-corrected chi connectivity index (χ4v) is 2.17. The molecule has 2 amide bonds. The molecule has 1 aromatic heterocycles. The van der Waals surface area contributed by atoms with Crippen molar-refractivity contribution in [1.82, 2.24) is 20.2 Å². The lowest BCUT2D eigenvalue weighted by atomic mass is 10.1. The number of carbonyl (C=O) groups excluding carboxylic acids is 1. The third kappa shape index (κ3) is 4.46. The third-order valence-corrected chi connectivity index (χ3v) is 3.40. The average Bonchev–Trinajstić information content (AvgIpc) is 2.96. The summed E-state index contributed by atoms with van der Waals surface area (Å²) >= 11 is 0. The molecule has 7 nitrogen and oxygen atoms in total. The molecule has 2 rings (SSSR count). The first-order valence-corrected chi connectivity index (χ1v) is 7.35. The number of urea groups is 1. The van der Waals surface area contributed by atoms with Gasteiger partial charge in [-0.15, -0.1) is 0 Å². The van der Waals surface area contributed by atoms with Gasteiger partial charge in [0.25, 0.3) is 0 Å². The first-order valence-electron chi connectivity index (χ1n) is 7.35. The van der Waals surface area contributed by atoms with Crippen LogP contribution in [0.15, 0.2) is 36.7 Å². The van der Waals surface area contributed by atoms with Gasteiger partial charge in [-0.2, -0.15) is 0 Å². The van der Waals surface area contributed by atoms with Crippen LogP contribution in [0.5, 0.6) is 5.75 Å².